The number of Topliss-reactive ketones (excluding diaryl/α,β-unsaturated/α-hetero) is 1. The molecule has 0 bridgehead atoms. The lowest BCUT2D eigenvalue weighted by Gasteiger charge is -2.30. The fourth-order valence-corrected chi connectivity index (χ4v) is 3.42. The Bertz CT molecular complexity index is 795. The van der Waals surface area contributed by atoms with E-state index in [1.807, 2.05) is 6.07 Å². The Morgan fingerprint density at radius 1 is 1.04 bits per heavy atom. The quantitative estimate of drug-likeness (QED) is 0.595. The summed E-state index contributed by atoms with van der Waals surface area (Å²) in [7, 11) is 0. The first-order chi connectivity index (χ1) is 12.6. The Hall–Kier alpha value is -2.51. The first kappa shape index (κ1) is 18.3. The van der Waals surface area contributed by atoms with E-state index >= 15 is 0 Å². The Morgan fingerprint density at radius 2 is 1.69 bits per heavy atom. The maximum atomic E-state index is 12.9. The molecule has 2 aromatic rings. The van der Waals surface area contributed by atoms with E-state index in [0.717, 1.165) is 11.3 Å². The van der Waals surface area contributed by atoms with Gasteiger partial charge in [-0.15, -0.1) is 11.3 Å². The van der Waals surface area contributed by atoms with Crippen molar-refractivity contribution in [1.82, 2.24) is 4.90 Å². The van der Waals surface area contributed by atoms with Crippen molar-refractivity contribution in [2.75, 3.05) is 26.3 Å². The van der Waals surface area contributed by atoms with Gasteiger partial charge in [-0.05, 0) is 19.1 Å². The minimum atomic E-state index is -1.02. The number of carbonyl (C=O) groups excluding carboxylic acids is 3. The summed E-state index contributed by atoms with van der Waals surface area (Å²) in [5.74, 6) is -0.993. The Kier molecular flexibility index (Phi) is 5.80. The smallest absolute Gasteiger partial charge is 0.349 e. The lowest BCUT2D eigenvalue weighted by atomic mass is 10.1. The highest BCUT2D eigenvalue weighted by atomic mass is 32.1. The molecule has 6 nitrogen and oxygen atoms in total. The third-order valence-corrected chi connectivity index (χ3v) is 5.19. The number of ketones is 1. The molecule has 0 radical (unpaired) electrons. The predicted molar refractivity (Wildman–Crippen MR) is 96.3 cm³/mol. The number of hydrogen-bond acceptors (Lipinski definition) is 6. The van der Waals surface area contributed by atoms with Crippen molar-refractivity contribution in [2.24, 2.45) is 0 Å². The van der Waals surface area contributed by atoms with Gasteiger partial charge in [-0.2, -0.15) is 0 Å². The van der Waals surface area contributed by atoms with Crippen molar-refractivity contribution < 1.29 is 23.9 Å². The zero-order valence-corrected chi connectivity index (χ0v) is 15.2. The summed E-state index contributed by atoms with van der Waals surface area (Å²) in [4.78, 5) is 39.3. The third-order valence-electron chi connectivity index (χ3n) is 4.03. The molecule has 1 fully saturated rings. The van der Waals surface area contributed by atoms with Gasteiger partial charge in [0.25, 0.3) is 5.91 Å². The zero-order chi connectivity index (χ0) is 18.5. The molecular weight excluding hydrogens is 354 g/mol. The van der Waals surface area contributed by atoms with E-state index in [1.54, 1.807) is 41.3 Å². The molecule has 136 valence electrons. The molecule has 0 aliphatic carbocycles. The summed E-state index contributed by atoms with van der Waals surface area (Å²) < 4.78 is 10.8. The van der Waals surface area contributed by atoms with E-state index in [9.17, 15) is 14.4 Å². The molecule has 1 aliphatic heterocycles. The molecule has 1 unspecified atom stereocenters. The highest BCUT2D eigenvalue weighted by Crippen LogP contribution is 2.25. The highest BCUT2D eigenvalue weighted by molar-refractivity contribution is 7.15. The summed E-state index contributed by atoms with van der Waals surface area (Å²) in [6.45, 7) is 3.30. The van der Waals surface area contributed by atoms with Gasteiger partial charge in [0.15, 0.2) is 5.78 Å². The molecule has 0 saturated carbocycles. The lowest BCUT2D eigenvalue weighted by Crippen LogP contribution is -2.44. The van der Waals surface area contributed by atoms with Crippen LogP contribution in [-0.4, -0.2) is 48.9 Å². The fraction of sp³-hybridized carbons (Fsp3) is 0.316. The summed E-state index contributed by atoms with van der Waals surface area (Å²) in [5, 5.41) is 0. The van der Waals surface area contributed by atoms with Crippen molar-refractivity contribution in [3.8, 4) is 0 Å². The van der Waals surface area contributed by atoms with Crippen LogP contribution in [0.25, 0.3) is 0 Å². The van der Waals surface area contributed by atoms with Crippen LogP contribution in [0.3, 0.4) is 0 Å². The fourth-order valence-electron chi connectivity index (χ4n) is 2.64. The van der Waals surface area contributed by atoms with Crippen LogP contribution in [0.5, 0.6) is 0 Å². The number of rotatable bonds is 5. The number of amides is 1. The van der Waals surface area contributed by atoms with Gasteiger partial charge < -0.3 is 14.4 Å². The number of morpholine rings is 1. The number of hydrogen-bond donors (Lipinski definition) is 0. The maximum Gasteiger partial charge on any atom is 0.349 e. The van der Waals surface area contributed by atoms with Gasteiger partial charge in [-0.3, -0.25) is 9.59 Å². The molecule has 0 N–H and O–H groups in total. The van der Waals surface area contributed by atoms with Gasteiger partial charge in [0, 0.05) is 18.7 Å². The molecule has 7 heteroatoms. The second kappa shape index (κ2) is 8.25. The van der Waals surface area contributed by atoms with Gasteiger partial charge in [0.2, 0.25) is 6.10 Å². The standard InChI is InChI=1S/C19H19NO5S/c1-13(21)15-7-8-16(26-15)19(23)25-17(14-5-3-2-4-6-14)18(22)20-9-11-24-12-10-20/h2-8,17H,9-12H2,1H3. The average Bonchev–Trinajstić information content (AvgIpc) is 3.17. The molecular formula is C19H19NO5S. The number of benzene rings is 1. The number of ether oxygens (including phenoxy) is 2. The van der Waals surface area contributed by atoms with Crippen molar-refractivity contribution in [1.29, 1.82) is 0 Å². The van der Waals surface area contributed by atoms with E-state index in [2.05, 4.69) is 0 Å². The third kappa shape index (κ3) is 4.17. The van der Waals surface area contributed by atoms with Gasteiger partial charge in [0.05, 0.1) is 18.1 Å². The van der Waals surface area contributed by atoms with Crippen molar-refractivity contribution in [2.45, 2.75) is 13.0 Å². The lowest BCUT2D eigenvalue weighted by molar-refractivity contribution is -0.145. The second-order valence-electron chi connectivity index (χ2n) is 5.85. The maximum absolute atomic E-state index is 12.9. The van der Waals surface area contributed by atoms with E-state index in [0.29, 0.717) is 41.6 Å². The minimum Gasteiger partial charge on any atom is -0.443 e. The van der Waals surface area contributed by atoms with E-state index in [1.165, 1.54) is 6.92 Å². The molecule has 1 atom stereocenters. The normalized spacial score (nSPS) is 15.3. The highest BCUT2D eigenvalue weighted by Gasteiger charge is 2.31. The summed E-state index contributed by atoms with van der Waals surface area (Å²) in [6.07, 6.45) is -1.02. The van der Waals surface area contributed by atoms with Gasteiger partial charge in [-0.1, -0.05) is 30.3 Å². The Labute approximate surface area is 155 Å². The first-order valence-electron chi connectivity index (χ1n) is 8.29. The van der Waals surface area contributed by atoms with Crippen LogP contribution in [0.1, 0.15) is 37.9 Å². The Balaban J connectivity index is 1.82. The van der Waals surface area contributed by atoms with Crippen molar-refractivity contribution in [3.63, 3.8) is 0 Å². The SMILES string of the molecule is CC(=O)c1ccc(C(=O)OC(C(=O)N2CCOCC2)c2ccccc2)s1. The summed E-state index contributed by atoms with van der Waals surface area (Å²) in [5.41, 5.74) is 0.612. The van der Waals surface area contributed by atoms with Crippen molar-refractivity contribution >= 4 is 29.0 Å². The largest absolute Gasteiger partial charge is 0.443 e. The minimum absolute atomic E-state index is 0.113. The summed E-state index contributed by atoms with van der Waals surface area (Å²) in [6, 6.07) is 12.1. The number of carbonyl (C=O) groups is 3. The predicted octanol–water partition coefficient (Wildman–Crippen LogP) is 2.71. The van der Waals surface area contributed by atoms with E-state index in [-0.39, 0.29) is 11.7 Å². The van der Waals surface area contributed by atoms with Crippen LogP contribution in [0.2, 0.25) is 0 Å². The van der Waals surface area contributed by atoms with Gasteiger partial charge in [0.1, 0.15) is 4.88 Å². The van der Waals surface area contributed by atoms with Crippen LogP contribution < -0.4 is 0 Å². The Morgan fingerprint density at radius 3 is 2.31 bits per heavy atom. The summed E-state index contributed by atoms with van der Waals surface area (Å²) >= 11 is 1.06. The van der Waals surface area contributed by atoms with Gasteiger partial charge in [-0.25, -0.2) is 4.79 Å². The first-order valence-corrected chi connectivity index (χ1v) is 9.11. The van der Waals surface area contributed by atoms with Crippen LogP contribution in [-0.2, 0) is 14.3 Å². The number of nitrogens with zero attached hydrogens (tertiary/aromatic N) is 1. The second-order valence-corrected chi connectivity index (χ2v) is 6.94. The number of esters is 1. The van der Waals surface area contributed by atoms with Crippen LogP contribution in [0.4, 0.5) is 0 Å². The van der Waals surface area contributed by atoms with E-state index in [4.69, 9.17) is 9.47 Å². The monoisotopic (exact) mass is 373 g/mol. The van der Waals surface area contributed by atoms with Crippen LogP contribution in [0, 0.1) is 0 Å². The van der Waals surface area contributed by atoms with E-state index < -0.39 is 12.1 Å². The van der Waals surface area contributed by atoms with Gasteiger partial charge >= 0.3 is 5.97 Å². The average molecular weight is 373 g/mol. The molecule has 2 heterocycles. The van der Waals surface area contributed by atoms with Crippen LogP contribution in [0.15, 0.2) is 42.5 Å². The molecule has 26 heavy (non-hydrogen) atoms. The molecule has 0 spiro atoms. The van der Waals surface area contributed by atoms with Crippen LogP contribution >= 0.6 is 11.3 Å². The molecule has 1 aromatic carbocycles. The number of thiophene rings is 1. The molecule has 1 aromatic heterocycles. The molecule has 1 amide bonds. The topological polar surface area (TPSA) is 72.9 Å². The molecule has 3 rings (SSSR count). The van der Waals surface area contributed by atoms with Crippen molar-refractivity contribution in [3.05, 3.63) is 57.8 Å². The molecule has 1 saturated heterocycles. The zero-order valence-electron chi connectivity index (χ0n) is 14.3. The molecule has 1 aliphatic rings.